The van der Waals surface area contributed by atoms with Crippen LogP contribution in [0, 0.1) is 0 Å². The van der Waals surface area contributed by atoms with Crippen molar-refractivity contribution in [1.82, 2.24) is 5.32 Å². The van der Waals surface area contributed by atoms with E-state index in [1.54, 1.807) is 14.2 Å². The third kappa shape index (κ3) is 5.21. The molecule has 0 amide bonds. The number of nitrogens with two attached hydrogens (primary N) is 1. The van der Waals surface area contributed by atoms with Crippen LogP contribution in [0.4, 0.5) is 0 Å². The first kappa shape index (κ1) is 16.7. The highest BCUT2D eigenvalue weighted by Crippen LogP contribution is 2.24. The number of ether oxygens (including phenoxy) is 2. The molecule has 0 unspecified atom stereocenters. The molecule has 2 rings (SSSR count). The number of nitrogens with zero attached hydrogens (tertiary/aromatic N) is 1. The van der Waals surface area contributed by atoms with Crippen molar-refractivity contribution in [3.63, 3.8) is 0 Å². The Morgan fingerprint density at radius 3 is 2.57 bits per heavy atom. The molecule has 0 saturated carbocycles. The first-order valence-corrected chi connectivity index (χ1v) is 7.51. The van der Waals surface area contributed by atoms with Crippen molar-refractivity contribution in [3.05, 3.63) is 59.7 Å². The largest absolute Gasteiger partial charge is 0.497 e. The number of benzene rings is 2. The molecular weight excluding hydrogens is 290 g/mol. The predicted octanol–water partition coefficient (Wildman–Crippen LogP) is 2.35. The molecule has 3 N–H and O–H groups in total. The van der Waals surface area contributed by atoms with Gasteiger partial charge in [0.05, 0.1) is 20.8 Å². The van der Waals surface area contributed by atoms with Gasteiger partial charge in [-0.15, -0.1) is 0 Å². The number of methoxy groups -OCH3 is 2. The zero-order valence-corrected chi connectivity index (χ0v) is 13.6. The first-order valence-electron chi connectivity index (χ1n) is 7.51. The number of hydrogen-bond donors (Lipinski definition) is 2. The molecule has 2 aromatic rings. The Kier molecular flexibility index (Phi) is 6.29. The van der Waals surface area contributed by atoms with Crippen LogP contribution in [0.15, 0.2) is 53.5 Å². The third-order valence-corrected chi connectivity index (χ3v) is 3.48. The number of rotatable bonds is 7. The van der Waals surface area contributed by atoms with Gasteiger partial charge in [-0.25, -0.2) is 4.99 Å². The summed E-state index contributed by atoms with van der Waals surface area (Å²) in [4.78, 5) is 4.35. The molecule has 0 atom stereocenters. The molecule has 0 aromatic heterocycles. The van der Waals surface area contributed by atoms with Crippen molar-refractivity contribution in [2.75, 3.05) is 20.8 Å². The molecule has 5 heteroatoms. The average molecular weight is 313 g/mol. The van der Waals surface area contributed by atoms with Crippen LogP contribution in [0.25, 0.3) is 0 Å². The van der Waals surface area contributed by atoms with Crippen LogP contribution in [0.3, 0.4) is 0 Å². The predicted molar refractivity (Wildman–Crippen MR) is 93.0 cm³/mol. The summed E-state index contributed by atoms with van der Waals surface area (Å²) in [6.07, 6.45) is 0.906. The summed E-state index contributed by atoms with van der Waals surface area (Å²) in [6, 6.07) is 15.9. The third-order valence-electron chi connectivity index (χ3n) is 3.48. The van der Waals surface area contributed by atoms with E-state index in [1.807, 2.05) is 36.4 Å². The number of hydrogen-bond acceptors (Lipinski definition) is 3. The maximum absolute atomic E-state index is 5.91. The van der Waals surface area contributed by atoms with Crippen LogP contribution in [0.2, 0.25) is 0 Å². The highest BCUT2D eigenvalue weighted by atomic mass is 16.5. The lowest BCUT2D eigenvalue weighted by Gasteiger charge is -2.09. The lowest BCUT2D eigenvalue weighted by atomic mass is 10.1. The fourth-order valence-electron chi connectivity index (χ4n) is 2.19. The van der Waals surface area contributed by atoms with Gasteiger partial charge in [0.2, 0.25) is 0 Å². The minimum Gasteiger partial charge on any atom is -0.497 e. The van der Waals surface area contributed by atoms with Gasteiger partial charge in [-0.2, -0.15) is 0 Å². The van der Waals surface area contributed by atoms with E-state index in [-0.39, 0.29) is 0 Å². The lowest BCUT2D eigenvalue weighted by Crippen LogP contribution is -2.33. The van der Waals surface area contributed by atoms with Gasteiger partial charge in [0.1, 0.15) is 11.5 Å². The van der Waals surface area contributed by atoms with E-state index in [0.29, 0.717) is 12.5 Å². The molecule has 0 bridgehead atoms. The van der Waals surface area contributed by atoms with E-state index in [9.17, 15) is 0 Å². The SMILES string of the molecule is COc1ccc(CN=C(N)NCCc2ccccc2)c(OC)c1. The van der Waals surface area contributed by atoms with Gasteiger partial charge in [0, 0.05) is 18.2 Å². The van der Waals surface area contributed by atoms with Gasteiger partial charge in [-0.1, -0.05) is 30.3 Å². The van der Waals surface area contributed by atoms with Crippen molar-refractivity contribution >= 4 is 5.96 Å². The van der Waals surface area contributed by atoms with Gasteiger partial charge in [0.25, 0.3) is 0 Å². The fourth-order valence-corrected chi connectivity index (χ4v) is 2.19. The Morgan fingerprint density at radius 1 is 1.09 bits per heavy atom. The Hall–Kier alpha value is -2.69. The molecule has 0 aliphatic carbocycles. The highest BCUT2D eigenvalue weighted by molar-refractivity contribution is 5.77. The normalized spacial score (nSPS) is 11.1. The molecule has 0 spiro atoms. The second-order valence-electron chi connectivity index (χ2n) is 5.04. The van der Waals surface area contributed by atoms with Crippen LogP contribution in [-0.2, 0) is 13.0 Å². The van der Waals surface area contributed by atoms with E-state index in [1.165, 1.54) is 5.56 Å². The van der Waals surface area contributed by atoms with Gasteiger partial charge in [0.15, 0.2) is 5.96 Å². The summed E-state index contributed by atoms with van der Waals surface area (Å²) < 4.78 is 10.5. The van der Waals surface area contributed by atoms with Gasteiger partial charge >= 0.3 is 0 Å². The zero-order chi connectivity index (χ0) is 16.5. The molecule has 2 aromatic carbocycles. The maximum Gasteiger partial charge on any atom is 0.188 e. The second kappa shape index (κ2) is 8.68. The van der Waals surface area contributed by atoms with Crippen molar-refractivity contribution < 1.29 is 9.47 Å². The van der Waals surface area contributed by atoms with Crippen LogP contribution >= 0.6 is 0 Å². The Bertz CT molecular complexity index is 642. The van der Waals surface area contributed by atoms with E-state index < -0.39 is 0 Å². The summed E-state index contributed by atoms with van der Waals surface area (Å²) >= 11 is 0. The molecule has 5 nitrogen and oxygen atoms in total. The van der Waals surface area contributed by atoms with Crippen LogP contribution in [0.1, 0.15) is 11.1 Å². The van der Waals surface area contributed by atoms with Crippen molar-refractivity contribution in [2.24, 2.45) is 10.7 Å². The molecule has 23 heavy (non-hydrogen) atoms. The van der Waals surface area contributed by atoms with Crippen LogP contribution in [0.5, 0.6) is 11.5 Å². The average Bonchev–Trinajstić information content (AvgIpc) is 2.60. The number of aliphatic imine (C=N–C) groups is 1. The summed E-state index contributed by atoms with van der Waals surface area (Å²) in [5.74, 6) is 1.92. The van der Waals surface area contributed by atoms with Crippen molar-refractivity contribution in [2.45, 2.75) is 13.0 Å². The van der Waals surface area contributed by atoms with Gasteiger partial charge in [-0.3, -0.25) is 0 Å². The zero-order valence-electron chi connectivity index (χ0n) is 13.6. The lowest BCUT2D eigenvalue weighted by molar-refractivity contribution is 0.391. The van der Waals surface area contributed by atoms with Gasteiger partial charge in [-0.05, 0) is 24.1 Å². The summed E-state index contributed by atoms with van der Waals surface area (Å²) in [7, 11) is 3.25. The molecule has 0 heterocycles. The Balaban J connectivity index is 1.87. The minimum atomic E-state index is 0.429. The Labute approximate surface area is 137 Å². The topological polar surface area (TPSA) is 68.9 Å². The first-order chi connectivity index (χ1) is 11.2. The summed E-state index contributed by atoms with van der Waals surface area (Å²) in [5, 5.41) is 3.12. The second-order valence-corrected chi connectivity index (χ2v) is 5.04. The van der Waals surface area contributed by atoms with Gasteiger partial charge < -0.3 is 20.5 Å². The van der Waals surface area contributed by atoms with E-state index in [2.05, 4.69) is 22.4 Å². The number of nitrogens with one attached hydrogen (secondary N) is 1. The van der Waals surface area contributed by atoms with Crippen molar-refractivity contribution in [3.8, 4) is 11.5 Å². The minimum absolute atomic E-state index is 0.429. The molecule has 122 valence electrons. The van der Waals surface area contributed by atoms with E-state index in [4.69, 9.17) is 15.2 Å². The molecule has 0 saturated heterocycles. The summed E-state index contributed by atoms with van der Waals surface area (Å²) in [6.45, 7) is 1.20. The van der Waals surface area contributed by atoms with Crippen LogP contribution in [-0.4, -0.2) is 26.7 Å². The molecule has 0 aliphatic heterocycles. The molecule has 0 aliphatic rings. The number of guanidine groups is 1. The van der Waals surface area contributed by atoms with Crippen LogP contribution < -0.4 is 20.5 Å². The smallest absolute Gasteiger partial charge is 0.188 e. The fraction of sp³-hybridized carbons (Fsp3) is 0.278. The highest BCUT2D eigenvalue weighted by Gasteiger charge is 2.04. The monoisotopic (exact) mass is 313 g/mol. The molecule has 0 radical (unpaired) electrons. The quantitative estimate of drug-likeness (QED) is 0.608. The molecule has 0 fully saturated rings. The van der Waals surface area contributed by atoms with E-state index in [0.717, 1.165) is 30.0 Å². The summed E-state index contributed by atoms with van der Waals surface area (Å²) in [5.41, 5.74) is 8.13. The maximum atomic E-state index is 5.91. The van der Waals surface area contributed by atoms with Crippen molar-refractivity contribution in [1.29, 1.82) is 0 Å². The standard InChI is InChI=1S/C18H23N3O2/c1-22-16-9-8-15(17(12-16)23-2)13-21-18(19)20-11-10-14-6-4-3-5-7-14/h3-9,12H,10-11,13H2,1-2H3,(H3,19,20,21). The molecular formula is C18H23N3O2. The Morgan fingerprint density at radius 2 is 1.87 bits per heavy atom. The van der Waals surface area contributed by atoms with E-state index >= 15 is 0 Å².